The molecule has 0 saturated heterocycles. The lowest BCUT2D eigenvalue weighted by Crippen LogP contribution is -2.21. The Hall–Kier alpha value is -1.03. The molecule has 0 amide bonds. The Balaban J connectivity index is 2.55. The van der Waals surface area contributed by atoms with Gasteiger partial charge in [0.05, 0.1) is 11.9 Å². The summed E-state index contributed by atoms with van der Waals surface area (Å²) in [6, 6.07) is 0. The van der Waals surface area contributed by atoms with Crippen LogP contribution in [0.4, 0.5) is 5.69 Å². The van der Waals surface area contributed by atoms with E-state index in [2.05, 4.69) is 24.3 Å². The highest BCUT2D eigenvalue weighted by molar-refractivity contribution is 6.32. The molecule has 4 nitrogen and oxygen atoms in total. The Bertz CT molecular complexity index is 401. The van der Waals surface area contributed by atoms with Gasteiger partial charge in [-0.15, -0.1) is 0 Å². The maximum absolute atomic E-state index is 11.5. The van der Waals surface area contributed by atoms with Crippen molar-refractivity contribution in [1.82, 2.24) is 9.78 Å². The largest absolute Gasteiger partial charge is 0.382 e. The summed E-state index contributed by atoms with van der Waals surface area (Å²) in [5, 5.41) is 7.25. The first kappa shape index (κ1) is 13.0. The van der Waals surface area contributed by atoms with Crippen molar-refractivity contribution in [2.45, 2.75) is 26.7 Å². The first-order valence-electron chi connectivity index (χ1n) is 5.48. The number of anilines is 1. The quantitative estimate of drug-likeness (QED) is 0.808. The van der Waals surface area contributed by atoms with E-state index in [4.69, 9.17) is 11.6 Å². The van der Waals surface area contributed by atoms with Crippen LogP contribution in [0.25, 0.3) is 0 Å². The molecule has 16 heavy (non-hydrogen) atoms. The second-order valence-electron chi connectivity index (χ2n) is 4.26. The zero-order chi connectivity index (χ0) is 12.1. The molecule has 1 rings (SSSR count). The molecule has 0 bridgehead atoms. The van der Waals surface area contributed by atoms with Crippen molar-refractivity contribution in [3.8, 4) is 0 Å². The second kappa shape index (κ2) is 5.89. The van der Waals surface area contributed by atoms with Crippen molar-refractivity contribution >= 4 is 17.3 Å². The molecule has 1 N–H and O–H groups in total. The Morgan fingerprint density at radius 3 is 2.88 bits per heavy atom. The molecule has 0 aliphatic rings. The normalized spacial score (nSPS) is 10.8. The molecule has 1 aromatic rings. The second-order valence-corrected chi connectivity index (χ2v) is 4.64. The lowest BCUT2D eigenvalue weighted by molar-refractivity contribution is 0.567. The Morgan fingerprint density at radius 2 is 2.25 bits per heavy atom. The average molecular weight is 244 g/mol. The van der Waals surface area contributed by atoms with Crippen LogP contribution in [-0.2, 0) is 7.05 Å². The van der Waals surface area contributed by atoms with Crippen LogP contribution < -0.4 is 10.9 Å². The van der Waals surface area contributed by atoms with E-state index in [-0.39, 0.29) is 10.6 Å². The number of aromatic nitrogens is 2. The molecule has 0 atom stereocenters. The van der Waals surface area contributed by atoms with Crippen molar-refractivity contribution in [2.24, 2.45) is 13.0 Å². The van der Waals surface area contributed by atoms with E-state index in [0.29, 0.717) is 11.6 Å². The number of rotatable bonds is 5. The van der Waals surface area contributed by atoms with E-state index in [1.54, 1.807) is 13.2 Å². The van der Waals surface area contributed by atoms with E-state index in [1.807, 2.05) is 0 Å². The van der Waals surface area contributed by atoms with Crippen LogP contribution in [0.3, 0.4) is 0 Å². The zero-order valence-electron chi connectivity index (χ0n) is 9.96. The molecule has 0 saturated carbocycles. The van der Waals surface area contributed by atoms with Crippen LogP contribution in [0.2, 0.25) is 5.02 Å². The summed E-state index contributed by atoms with van der Waals surface area (Å²) in [7, 11) is 1.58. The maximum Gasteiger partial charge on any atom is 0.287 e. The Morgan fingerprint density at radius 1 is 1.56 bits per heavy atom. The van der Waals surface area contributed by atoms with Crippen LogP contribution in [0, 0.1) is 5.92 Å². The van der Waals surface area contributed by atoms with Gasteiger partial charge in [-0.3, -0.25) is 4.79 Å². The number of hydrogen-bond acceptors (Lipinski definition) is 3. The number of nitrogens with zero attached hydrogens (tertiary/aromatic N) is 2. The predicted molar refractivity (Wildman–Crippen MR) is 67.0 cm³/mol. The third-order valence-corrected chi connectivity index (χ3v) is 2.72. The molecule has 0 fully saturated rings. The van der Waals surface area contributed by atoms with Crippen LogP contribution in [-0.4, -0.2) is 16.3 Å². The van der Waals surface area contributed by atoms with Gasteiger partial charge < -0.3 is 5.32 Å². The highest BCUT2D eigenvalue weighted by Gasteiger charge is 2.06. The van der Waals surface area contributed by atoms with Gasteiger partial charge in [-0.05, 0) is 18.8 Å². The third kappa shape index (κ3) is 3.52. The lowest BCUT2D eigenvalue weighted by atomic mass is 10.1. The highest BCUT2D eigenvalue weighted by Crippen LogP contribution is 2.15. The topological polar surface area (TPSA) is 46.9 Å². The summed E-state index contributed by atoms with van der Waals surface area (Å²) in [6.45, 7) is 5.19. The van der Waals surface area contributed by atoms with Crippen LogP contribution in [0.5, 0.6) is 0 Å². The van der Waals surface area contributed by atoms with Crippen molar-refractivity contribution in [1.29, 1.82) is 0 Å². The van der Waals surface area contributed by atoms with Crippen LogP contribution in [0.15, 0.2) is 11.0 Å². The molecule has 0 aliphatic heterocycles. The predicted octanol–water partition coefficient (Wildman–Crippen LogP) is 2.28. The minimum atomic E-state index is -0.268. The SMILES string of the molecule is CC(C)CCCNc1cnn(C)c(=O)c1Cl. The van der Waals surface area contributed by atoms with Gasteiger partial charge in [-0.25, -0.2) is 4.68 Å². The summed E-state index contributed by atoms with van der Waals surface area (Å²) in [6.07, 6.45) is 3.80. The van der Waals surface area contributed by atoms with Gasteiger partial charge >= 0.3 is 0 Å². The number of hydrogen-bond donors (Lipinski definition) is 1. The molecule has 90 valence electrons. The summed E-state index contributed by atoms with van der Waals surface area (Å²) in [4.78, 5) is 11.5. The lowest BCUT2D eigenvalue weighted by Gasteiger charge is -2.09. The summed E-state index contributed by atoms with van der Waals surface area (Å²) >= 11 is 5.90. The van der Waals surface area contributed by atoms with Gasteiger partial charge in [0.15, 0.2) is 0 Å². The number of nitrogens with one attached hydrogen (secondary N) is 1. The molecule has 0 spiro atoms. The molecule has 0 unspecified atom stereocenters. The highest BCUT2D eigenvalue weighted by atomic mass is 35.5. The molecule has 5 heteroatoms. The monoisotopic (exact) mass is 243 g/mol. The van der Waals surface area contributed by atoms with Gasteiger partial charge in [-0.2, -0.15) is 5.10 Å². The zero-order valence-corrected chi connectivity index (χ0v) is 10.7. The summed E-state index contributed by atoms with van der Waals surface area (Å²) in [5.41, 5.74) is 0.351. The van der Waals surface area contributed by atoms with Gasteiger partial charge in [0, 0.05) is 13.6 Å². The van der Waals surface area contributed by atoms with Crippen molar-refractivity contribution in [3.63, 3.8) is 0 Å². The fourth-order valence-corrected chi connectivity index (χ4v) is 1.61. The standard InChI is InChI=1S/C11H18ClN3O/c1-8(2)5-4-6-13-9-7-14-15(3)11(16)10(9)12/h7-8,13H,4-6H2,1-3H3. The van der Waals surface area contributed by atoms with Gasteiger partial charge in [0.25, 0.3) is 5.56 Å². The minimum Gasteiger partial charge on any atom is -0.382 e. The molecule has 0 aliphatic carbocycles. The van der Waals surface area contributed by atoms with Crippen LogP contribution in [0.1, 0.15) is 26.7 Å². The Kier molecular flexibility index (Phi) is 4.80. The average Bonchev–Trinajstić information content (AvgIpc) is 2.23. The first-order chi connectivity index (χ1) is 7.52. The van der Waals surface area contributed by atoms with Gasteiger partial charge in [-0.1, -0.05) is 25.4 Å². The van der Waals surface area contributed by atoms with Gasteiger partial charge in [0.2, 0.25) is 0 Å². The molecule has 0 radical (unpaired) electrons. The smallest absolute Gasteiger partial charge is 0.287 e. The van der Waals surface area contributed by atoms with E-state index in [0.717, 1.165) is 19.4 Å². The van der Waals surface area contributed by atoms with E-state index in [1.165, 1.54) is 4.68 Å². The number of aryl methyl sites for hydroxylation is 1. The molecule has 1 aromatic heterocycles. The Labute approximate surface area is 101 Å². The van der Waals surface area contributed by atoms with Crippen molar-refractivity contribution < 1.29 is 0 Å². The van der Waals surface area contributed by atoms with E-state index in [9.17, 15) is 4.79 Å². The van der Waals surface area contributed by atoms with E-state index < -0.39 is 0 Å². The minimum absolute atomic E-state index is 0.210. The van der Waals surface area contributed by atoms with Gasteiger partial charge in [0.1, 0.15) is 5.02 Å². The molecular weight excluding hydrogens is 226 g/mol. The van der Waals surface area contributed by atoms with E-state index >= 15 is 0 Å². The molecule has 1 heterocycles. The summed E-state index contributed by atoms with van der Waals surface area (Å²) in [5.74, 6) is 0.694. The van der Waals surface area contributed by atoms with Crippen molar-refractivity contribution in [3.05, 3.63) is 21.6 Å². The number of halogens is 1. The fourth-order valence-electron chi connectivity index (χ4n) is 1.37. The molecular formula is C11H18ClN3O. The summed E-state index contributed by atoms with van der Waals surface area (Å²) < 4.78 is 1.22. The third-order valence-electron chi connectivity index (χ3n) is 2.35. The molecule has 0 aromatic carbocycles. The van der Waals surface area contributed by atoms with Crippen LogP contribution >= 0.6 is 11.6 Å². The maximum atomic E-state index is 11.5. The first-order valence-corrected chi connectivity index (χ1v) is 5.86. The van der Waals surface area contributed by atoms with Crippen molar-refractivity contribution in [2.75, 3.05) is 11.9 Å². The fraction of sp³-hybridized carbons (Fsp3) is 0.636.